The van der Waals surface area contributed by atoms with Crippen LogP contribution in [0.5, 0.6) is 5.75 Å². The van der Waals surface area contributed by atoms with E-state index in [-0.39, 0.29) is 0 Å². The quantitative estimate of drug-likeness (QED) is 0.604. The zero-order valence-electron chi connectivity index (χ0n) is 13.5. The third-order valence-electron chi connectivity index (χ3n) is 3.68. The van der Waals surface area contributed by atoms with Crippen LogP contribution in [0.25, 0.3) is 0 Å². The monoisotopic (exact) mass is 313 g/mol. The van der Waals surface area contributed by atoms with E-state index in [4.69, 9.17) is 9.94 Å². The molecule has 1 amide bonds. The van der Waals surface area contributed by atoms with Crippen LogP contribution in [0.4, 0.5) is 0 Å². The van der Waals surface area contributed by atoms with Gasteiger partial charge in [-0.1, -0.05) is 56.3 Å². The van der Waals surface area contributed by atoms with Crippen LogP contribution in [0.1, 0.15) is 37.3 Å². The van der Waals surface area contributed by atoms with Gasteiger partial charge in [-0.25, -0.2) is 5.48 Å². The SMILES string of the molecule is CC(C)CCOc1ccc(C(C(=O)NO)c2ccccc2)cc1. The van der Waals surface area contributed by atoms with Crippen LogP contribution in [-0.4, -0.2) is 17.7 Å². The molecule has 4 heteroatoms. The number of hydrogen-bond acceptors (Lipinski definition) is 3. The molecule has 0 heterocycles. The second-order valence-electron chi connectivity index (χ2n) is 5.92. The molecule has 0 aliphatic carbocycles. The minimum Gasteiger partial charge on any atom is -0.494 e. The highest BCUT2D eigenvalue weighted by atomic mass is 16.5. The fraction of sp³-hybridized carbons (Fsp3) is 0.316. The second kappa shape index (κ2) is 8.34. The highest BCUT2D eigenvalue weighted by Crippen LogP contribution is 2.26. The molecule has 2 aromatic carbocycles. The minimum atomic E-state index is -0.550. The lowest BCUT2D eigenvalue weighted by molar-refractivity contribution is -0.129. The number of hydroxylamine groups is 1. The Morgan fingerprint density at radius 1 is 1.04 bits per heavy atom. The maximum absolute atomic E-state index is 12.1. The molecule has 0 radical (unpaired) electrons. The largest absolute Gasteiger partial charge is 0.494 e. The summed E-state index contributed by atoms with van der Waals surface area (Å²) in [4.78, 5) is 12.1. The van der Waals surface area contributed by atoms with E-state index in [2.05, 4.69) is 13.8 Å². The van der Waals surface area contributed by atoms with Crippen molar-refractivity contribution in [2.75, 3.05) is 6.61 Å². The van der Waals surface area contributed by atoms with Crippen LogP contribution < -0.4 is 10.2 Å². The fourth-order valence-electron chi connectivity index (χ4n) is 2.37. The van der Waals surface area contributed by atoms with Crippen LogP contribution in [-0.2, 0) is 4.79 Å². The van der Waals surface area contributed by atoms with Crippen LogP contribution >= 0.6 is 0 Å². The summed E-state index contributed by atoms with van der Waals surface area (Å²) in [7, 11) is 0. The van der Waals surface area contributed by atoms with Crippen molar-refractivity contribution >= 4 is 5.91 Å². The Kier molecular flexibility index (Phi) is 6.18. The van der Waals surface area contributed by atoms with Gasteiger partial charge in [0.25, 0.3) is 5.91 Å². The zero-order chi connectivity index (χ0) is 16.7. The summed E-state index contributed by atoms with van der Waals surface area (Å²) in [5.41, 5.74) is 3.38. The van der Waals surface area contributed by atoms with E-state index in [9.17, 15) is 4.79 Å². The second-order valence-corrected chi connectivity index (χ2v) is 5.92. The van der Waals surface area contributed by atoms with Gasteiger partial charge in [0, 0.05) is 0 Å². The summed E-state index contributed by atoms with van der Waals surface area (Å²) in [6.45, 7) is 4.99. The van der Waals surface area contributed by atoms with E-state index in [1.165, 1.54) is 0 Å². The van der Waals surface area contributed by atoms with Gasteiger partial charge < -0.3 is 4.74 Å². The van der Waals surface area contributed by atoms with Gasteiger partial charge in [-0.05, 0) is 35.6 Å². The first-order valence-electron chi connectivity index (χ1n) is 7.83. The number of benzene rings is 2. The molecular weight excluding hydrogens is 290 g/mol. The highest BCUT2D eigenvalue weighted by molar-refractivity contribution is 5.86. The minimum absolute atomic E-state index is 0.454. The molecule has 2 N–H and O–H groups in total. The van der Waals surface area contributed by atoms with E-state index in [0.717, 1.165) is 23.3 Å². The molecule has 0 saturated heterocycles. The van der Waals surface area contributed by atoms with Gasteiger partial charge in [0.15, 0.2) is 0 Å². The Morgan fingerprint density at radius 2 is 1.65 bits per heavy atom. The fourth-order valence-corrected chi connectivity index (χ4v) is 2.37. The van der Waals surface area contributed by atoms with Gasteiger partial charge in [-0.3, -0.25) is 10.0 Å². The van der Waals surface area contributed by atoms with Crippen molar-refractivity contribution in [3.05, 3.63) is 65.7 Å². The lowest BCUT2D eigenvalue weighted by atomic mass is 9.91. The normalized spacial score (nSPS) is 12.0. The van der Waals surface area contributed by atoms with Crippen LogP contribution in [0.3, 0.4) is 0 Å². The third kappa shape index (κ3) is 4.83. The van der Waals surface area contributed by atoms with Gasteiger partial charge in [0.05, 0.1) is 12.5 Å². The summed E-state index contributed by atoms with van der Waals surface area (Å²) < 4.78 is 5.69. The van der Waals surface area contributed by atoms with Crippen molar-refractivity contribution in [2.24, 2.45) is 5.92 Å². The van der Waals surface area contributed by atoms with Crippen molar-refractivity contribution in [3.63, 3.8) is 0 Å². The molecule has 0 fully saturated rings. The first-order valence-corrected chi connectivity index (χ1v) is 7.83. The van der Waals surface area contributed by atoms with Crippen molar-refractivity contribution < 1.29 is 14.7 Å². The van der Waals surface area contributed by atoms with E-state index in [1.54, 1.807) is 5.48 Å². The number of ether oxygens (including phenoxy) is 1. The molecule has 122 valence electrons. The molecule has 2 aromatic rings. The Hall–Kier alpha value is -2.33. The van der Waals surface area contributed by atoms with Crippen molar-refractivity contribution in [3.8, 4) is 5.75 Å². The molecule has 0 saturated carbocycles. The number of amides is 1. The average molecular weight is 313 g/mol. The third-order valence-corrected chi connectivity index (χ3v) is 3.68. The standard InChI is InChI=1S/C19H23NO3/c1-14(2)12-13-23-17-10-8-16(9-11-17)18(19(21)20-22)15-6-4-3-5-7-15/h3-11,14,18,22H,12-13H2,1-2H3,(H,20,21). The first kappa shape index (κ1) is 17.0. The predicted octanol–water partition coefficient (Wildman–Crippen LogP) is 3.75. The number of nitrogens with one attached hydrogen (secondary N) is 1. The molecule has 0 spiro atoms. The molecular formula is C19H23NO3. The molecule has 23 heavy (non-hydrogen) atoms. The molecule has 1 unspecified atom stereocenters. The van der Waals surface area contributed by atoms with Crippen LogP contribution in [0, 0.1) is 5.92 Å². The Labute approximate surface area is 137 Å². The van der Waals surface area contributed by atoms with Crippen molar-refractivity contribution in [1.29, 1.82) is 0 Å². The van der Waals surface area contributed by atoms with Crippen LogP contribution in [0.2, 0.25) is 0 Å². The molecule has 0 aromatic heterocycles. The topological polar surface area (TPSA) is 58.6 Å². The highest BCUT2D eigenvalue weighted by Gasteiger charge is 2.22. The summed E-state index contributed by atoms with van der Waals surface area (Å²) in [6, 6.07) is 16.8. The van der Waals surface area contributed by atoms with E-state index < -0.39 is 11.8 Å². The molecule has 0 bridgehead atoms. The van der Waals surface area contributed by atoms with Crippen molar-refractivity contribution in [1.82, 2.24) is 5.48 Å². The van der Waals surface area contributed by atoms with Gasteiger partial charge in [0.1, 0.15) is 5.75 Å². The van der Waals surface area contributed by atoms with Gasteiger partial charge in [-0.2, -0.15) is 0 Å². The molecule has 2 rings (SSSR count). The number of carbonyl (C=O) groups excluding carboxylic acids is 1. The number of carbonyl (C=O) groups is 1. The Balaban J connectivity index is 2.15. The van der Waals surface area contributed by atoms with Gasteiger partial charge in [-0.15, -0.1) is 0 Å². The van der Waals surface area contributed by atoms with Gasteiger partial charge in [0.2, 0.25) is 0 Å². The molecule has 4 nitrogen and oxygen atoms in total. The maximum Gasteiger partial charge on any atom is 0.255 e. The molecule has 0 aliphatic heterocycles. The Morgan fingerprint density at radius 3 is 2.22 bits per heavy atom. The number of rotatable bonds is 7. The van der Waals surface area contributed by atoms with E-state index in [0.29, 0.717) is 12.5 Å². The van der Waals surface area contributed by atoms with E-state index in [1.807, 2.05) is 54.6 Å². The van der Waals surface area contributed by atoms with Gasteiger partial charge >= 0.3 is 0 Å². The zero-order valence-corrected chi connectivity index (χ0v) is 13.5. The Bertz CT molecular complexity index is 608. The smallest absolute Gasteiger partial charge is 0.255 e. The summed E-state index contributed by atoms with van der Waals surface area (Å²) in [5, 5.41) is 9.03. The van der Waals surface area contributed by atoms with Crippen molar-refractivity contribution in [2.45, 2.75) is 26.2 Å². The lowest BCUT2D eigenvalue weighted by Crippen LogP contribution is -2.27. The predicted molar refractivity (Wildman–Crippen MR) is 89.6 cm³/mol. The lowest BCUT2D eigenvalue weighted by Gasteiger charge is -2.16. The maximum atomic E-state index is 12.1. The molecule has 0 aliphatic rings. The van der Waals surface area contributed by atoms with Crippen LogP contribution in [0.15, 0.2) is 54.6 Å². The summed E-state index contributed by atoms with van der Waals surface area (Å²) in [5.74, 6) is 0.381. The van der Waals surface area contributed by atoms with E-state index >= 15 is 0 Å². The summed E-state index contributed by atoms with van der Waals surface area (Å²) >= 11 is 0. The number of hydrogen-bond donors (Lipinski definition) is 2. The average Bonchev–Trinajstić information content (AvgIpc) is 2.57. The molecule has 1 atom stereocenters. The summed E-state index contributed by atoms with van der Waals surface area (Å²) in [6.07, 6.45) is 1.00. The first-order chi connectivity index (χ1) is 11.1.